The Kier molecular flexibility index (Phi) is 3.66. The van der Waals surface area contributed by atoms with E-state index in [2.05, 4.69) is 4.98 Å². The number of rotatable bonds is 3. The first-order valence-corrected chi connectivity index (χ1v) is 7.24. The van der Waals surface area contributed by atoms with E-state index in [0.29, 0.717) is 11.4 Å². The minimum Gasteiger partial charge on any atom is -0.385 e. The van der Waals surface area contributed by atoms with E-state index in [0.717, 1.165) is 21.9 Å². The molecule has 3 heteroatoms. The quantitative estimate of drug-likeness (QED) is 0.780. The number of fused-ring (bicyclic) bond motifs is 1. The predicted molar refractivity (Wildman–Crippen MR) is 86.5 cm³/mol. The van der Waals surface area contributed by atoms with Crippen molar-refractivity contribution in [1.29, 1.82) is 0 Å². The van der Waals surface area contributed by atoms with Crippen LogP contribution in [-0.2, 0) is 12.0 Å². The van der Waals surface area contributed by atoms with E-state index in [1.807, 2.05) is 55.5 Å². The summed E-state index contributed by atoms with van der Waals surface area (Å²) in [6.45, 7) is 1.84. The molecule has 0 amide bonds. The molecule has 0 aliphatic rings. The van der Waals surface area contributed by atoms with Crippen LogP contribution in [0.3, 0.4) is 0 Å². The van der Waals surface area contributed by atoms with Gasteiger partial charge in [0.1, 0.15) is 0 Å². The van der Waals surface area contributed by atoms with Crippen LogP contribution in [0.4, 0.5) is 0 Å². The van der Waals surface area contributed by atoms with Gasteiger partial charge in [-0.05, 0) is 41.6 Å². The second-order valence-corrected chi connectivity index (χ2v) is 5.92. The van der Waals surface area contributed by atoms with Gasteiger partial charge in [-0.3, -0.25) is 4.98 Å². The Morgan fingerprint density at radius 3 is 2.62 bits per heavy atom. The summed E-state index contributed by atoms with van der Waals surface area (Å²) in [5.41, 5.74) is 0.976. The molecule has 0 aliphatic heterocycles. The number of halogens is 1. The highest BCUT2D eigenvalue weighted by atomic mass is 35.5. The van der Waals surface area contributed by atoms with Crippen molar-refractivity contribution in [2.75, 3.05) is 0 Å². The minimum absolute atomic E-state index is 0.526. The van der Waals surface area contributed by atoms with E-state index in [-0.39, 0.29) is 0 Å². The third kappa shape index (κ3) is 2.92. The van der Waals surface area contributed by atoms with E-state index >= 15 is 0 Å². The molecule has 0 spiro atoms. The second-order valence-electron chi connectivity index (χ2n) is 5.48. The smallest absolute Gasteiger partial charge is 0.0915 e. The number of pyridine rings is 1. The van der Waals surface area contributed by atoms with Crippen LogP contribution < -0.4 is 0 Å². The molecule has 1 aromatic heterocycles. The SMILES string of the molecule is CC(O)(Cc1ccc(Cl)cc1)c1cccc2ccncc12. The van der Waals surface area contributed by atoms with Gasteiger partial charge in [0.25, 0.3) is 0 Å². The molecule has 3 aromatic rings. The zero-order valence-corrected chi connectivity index (χ0v) is 12.5. The minimum atomic E-state index is -0.962. The van der Waals surface area contributed by atoms with Crippen LogP contribution in [0.25, 0.3) is 10.8 Å². The molecule has 1 heterocycles. The number of aliphatic hydroxyl groups is 1. The Morgan fingerprint density at radius 2 is 1.86 bits per heavy atom. The molecular formula is C18H16ClNO. The summed E-state index contributed by atoms with van der Waals surface area (Å²) in [7, 11) is 0. The maximum Gasteiger partial charge on any atom is 0.0915 e. The molecule has 0 fully saturated rings. The Bertz CT molecular complexity index is 760. The van der Waals surface area contributed by atoms with E-state index in [9.17, 15) is 5.11 Å². The molecule has 0 aliphatic carbocycles. The van der Waals surface area contributed by atoms with Crippen LogP contribution in [0.2, 0.25) is 5.02 Å². The number of benzene rings is 2. The number of hydrogen-bond donors (Lipinski definition) is 1. The zero-order chi connectivity index (χ0) is 14.9. The Balaban J connectivity index is 2.01. The average Bonchev–Trinajstić information content (AvgIpc) is 2.49. The molecule has 1 N–H and O–H groups in total. The Morgan fingerprint density at radius 1 is 1.10 bits per heavy atom. The van der Waals surface area contributed by atoms with Crippen LogP contribution in [-0.4, -0.2) is 10.1 Å². The maximum atomic E-state index is 10.9. The first kappa shape index (κ1) is 14.1. The summed E-state index contributed by atoms with van der Waals surface area (Å²) < 4.78 is 0. The summed E-state index contributed by atoms with van der Waals surface area (Å²) >= 11 is 5.91. The van der Waals surface area contributed by atoms with Crippen molar-refractivity contribution in [3.05, 3.63) is 77.1 Å². The van der Waals surface area contributed by atoms with Crippen molar-refractivity contribution in [3.8, 4) is 0 Å². The molecule has 0 bridgehead atoms. The summed E-state index contributed by atoms with van der Waals surface area (Å²) in [4.78, 5) is 4.18. The molecule has 2 aromatic carbocycles. The molecule has 106 valence electrons. The lowest BCUT2D eigenvalue weighted by Crippen LogP contribution is -2.24. The fourth-order valence-electron chi connectivity index (χ4n) is 2.68. The second kappa shape index (κ2) is 5.47. The Labute approximate surface area is 129 Å². The standard InChI is InChI=1S/C18H16ClNO/c1-18(21,11-13-5-7-15(19)8-6-13)17-4-2-3-14-9-10-20-12-16(14)17/h2-10,12,21H,11H2,1H3. The van der Waals surface area contributed by atoms with Gasteiger partial charge in [0.05, 0.1) is 5.60 Å². The van der Waals surface area contributed by atoms with Crippen LogP contribution in [0, 0.1) is 0 Å². The van der Waals surface area contributed by atoms with Crippen LogP contribution in [0.15, 0.2) is 60.9 Å². The highest BCUT2D eigenvalue weighted by Crippen LogP contribution is 2.31. The van der Waals surface area contributed by atoms with Gasteiger partial charge in [-0.1, -0.05) is 41.9 Å². The molecule has 0 radical (unpaired) electrons. The van der Waals surface area contributed by atoms with E-state index in [4.69, 9.17) is 11.6 Å². The van der Waals surface area contributed by atoms with Crippen molar-refractivity contribution < 1.29 is 5.11 Å². The first-order valence-electron chi connectivity index (χ1n) is 6.86. The number of aromatic nitrogens is 1. The highest BCUT2D eigenvalue weighted by Gasteiger charge is 2.25. The molecule has 21 heavy (non-hydrogen) atoms. The van der Waals surface area contributed by atoms with Crippen molar-refractivity contribution >= 4 is 22.4 Å². The molecular weight excluding hydrogens is 282 g/mol. The van der Waals surface area contributed by atoms with Crippen LogP contribution >= 0.6 is 11.6 Å². The van der Waals surface area contributed by atoms with E-state index < -0.39 is 5.60 Å². The molecule has 1 unspecified atom stereocenters. The number of nitrogens with zero attached hydrogens (tertiary/aromatic N) is 1. The fraction of sp³-hybridized carbons (Fsp3) is 0.167. The van der Waals surface area contributed by atoms with Gasteiger partial charge >= 0.3 is 0 Å². The summed E-state index contributed by atoms with van der Waals surface area (Å²) in [6, 6.07) is 15.5. The third-order valence-corrected chi connectivity index (χ3v) is 3.98. The number of hydrogen-bond acceptors (Lipinski definition) is 2. The van der Waals surface area contributed by atoms with Crippen LogP contribution in [0.1, 0.15) is 18.1 Å². The van der Waals surface area contributed by atoms with Crippen LogP contribution in [0.5, 0.6) is 0 Å². The van der Waals surface area contributed by atoms with Crippen molar-refractivity contribution in [1.82, 2.24) is 4.98 Å². The molecule has 0 saturated heterocycles. The van der Waals surface area contributed by atoms with Gasteiger partial charge in [-0.25, -0.2) is 0 Å². The average molecular weight is 298 g/mol. The summed E-state index contributed by atoms with van der Waals surface area (Å²) in [5, 5.41) is 13.7. The van der Waals surface area contributed by atoms with Gasteiger partial charge in [0.15, 0.2) is 0 Å². The van der Waals surface area contributed by atoms with Crippen molar-refractivity contribution in [3.63, 3.8) is 0 Å². The molecule has 3 rings (SSSR count). The topological polar surface area (TPSA) is 33.1 Å². The van der Waals surface area contributed by atoms with Gasteiger partial charge in [0.2, 0.25) is 0 Å². The van der Waals surface area contributed by atoms with Gasteiger partial charge < -0.3 is 5.11 Å². The zero-order valence-electron chi connectivity index (χ0n) is 11.8. The maximum absolute atomic E-state index is 10.9. The lowest BCUT2D eigenvalue weighted by molar-refractivity contribution is 0.0592. The van der Waals surface area contributed by atoms with Gasteiger partial charge in [-0.15, -0.1) is 0 Å². The van der Waals surface area contributed by atoms with E-state index in [1.165, 1.54) is 0 Å². The van der Waals surface area contributed by atoms with Gasteiger partial charge in [-0.2, -0.15) is 0 Å². The van der Waals surface area contributed by atoms with E-state index in [1.54, 1.807) is 12.4 Å². The van der Waals surface area contributed by atoms with Crippen molar-refractivity contribution in [2.45, 2.75) is 18.9 Å². The first-order chi connectivity index (χ1) is 10.1. The monoisotopic (exact) mass is 297 g/mol. The van der Waals surface area contributed by atoms with Crippen molar-refractivity contribution in [2.24, 2.45) is 0 Å². The molecule has 2 nitrogen and oxygen atoms in total. The normalized spacial score (nSPS) is 14.0. The highest BCUT2D eigenvalue weighted by molar-refractivity contribution is 6.30. The Hall–Kier alpha value is -1.90. The largest absolute Gasteiger partial charge is 0.385 e. The fourth-order valence-corrected chi connectivity index (χ4v) is 2.80. The molecule has 0 saturated carbocycles. The lowest BCUT2D eigenvalue weighted by atomic mass is 9.86. The molecule has 1 atom stereocenters. The summed E-state index contributed by atoms with van der Waals surface area (Å²) in [5.74, 6) is 0. The third-order valence-electron chi connectivity index (χ3n) is 3.73. The summed E-state index contributed by atoms with van der Waals surface area (Å²) in [6.07, 6.45) is 4.10. The lowest BCUT2D eigenvalue weighted by Gasteiger charge is -2.25. The van der Waals surface area contributed by atoms with Gasteiger partial charge in [0, 0.05) is 29.2 Å². The predicted octanol–water partition coefficient (Wildman–Crippen LogP) is 4.34.